The quantitative estimate of drug-likeness (QED) is 0.622. The van der Waals surface area contributed by atoms with Crippen LogP contribution in [0.4, 0.5) is 0 Å². The van der Waals surface area contributed by atoms with Crippen LogP contribution in [0.2, 0.25) is 0 Å². The number of aryl methyl sites for hydroxylation is 1. The second kappa shape index (κ2) is 6.02. The minimum atomic E-state index is 0.114. The molecule has 0 bridgehead atoms. The van der Waals surface area contributed by atoms with Gasteiger partial charge in [-0.3, -0.25) is 4.79 Å². The van der Waals surface area contributed by atoms with Crippen LogP contribution in [0.1, 0.15) is 35.7 Å². The Hall–Kier alpha value is -1.62. The van der Waals surface area contributed by atoms with Crippen LogP contribution in [-0.4, -0.2) is 26.3 Å². The van der Waals surface area contributed by atoms with Crippen molar-refractivity contribution in [3.63, 3.8) is 0 Å². The Kier molecular flexibility index (Phi) is 4.37. The van der Waals surface area contributed by atoms with E-state index < -0.39 is 0 Å². The zero-order chi connectivity index (χ0) is 13.8. The topological polar surface area (TPSA) is 47.8 Å². The Morgan fingerprint density at radius 2 is 2.00 bits per heavy atom. The second-order valence-corrected chi connectivity index (χ2v) is 5.66. The molecule has 1 aromatic heterocycles. The lowest BCUT2D eigenvalue weighted by Gasteiger charge is -2.06. The maximum Gasteiger partial charge on any atom is 0.191 e. The molecule has 0 aliphatic carbocycles. The third-order valence-electron chi connectivity index (χ3n) is 2.90. The van der Waals surface area contributed by atoms with E-state index in [0.29, 0.717) is 11.7 Å². The Morgan fingerprint density at radius 3 is 2.53 bits per heavy atom. The van der Waals surface area contributed by atoms with Gasteiger partial charge in [0.25, 0.3) is 0 Å². The zero-order valence-corrected chi connectivity index (χ0v) is 12.1. The fourth-order valence-corrected chi connectivity index (χ4v) is 2.45. The highest BCUT2D eigenvalue weighted by Crippen LogP contribution is 2.18. The highest BCUT2D eigenvalue weighted by atomic mass is 32.2. The molecule has 0 aliphatic heterocycles. The molecule has 0 aliphatic rings. The molecule has 19 heavy (non-hydrogen) atoms. The summed E-state index contributed by atoms with van der Waals surface area (Å²) >= 11 is 1.41. The highest BCUT2D eigenvalue weighted by Gasteiger charge is 2.09. The smallest absolute Gasteiger partial charge is 0.191 e. The van der Waals surface area contributed by atoms with Crippen LogP contribution in [0.15, 0.2) is 35.7 Å². The number of nitrogens with zero attached hydrogens (tertiary/aromatic N) is 3. The van der Waals surface area contributed by atoms with Crippen LogP contribution in [-0.2, 0) is 7.05 Å². The molecule has 0 spiro atoms. The molecule has 4 nitrogen and oxygen atoms in total. The van der Waals surface area contributed by atoms with Crippen molar-refractivity contribution >= 4 is 17.5 Å². The van der Waals surface area contributed by atoms with E-state index in [9.17, 15) is 4.79 Å². The van der Waals surface area contributed by atoms with Gasteiger partial charge in [0.15, 0.2) is 10.9 Å². The van der Waals surface area contributed by atoms with Crippen molar-refractivity contribution in [2.24, 2.45) is 7.05 Å². The molecule has 0 unspecified atom stereocenters. The molecular formula is C14H17N3OS. The number of carbonyl (C=O) groups is 1. The fourth-order valence-electron chi connectivity index (χ4n) is 1.67. The molecule has 0 radical (unpaired) electrons. The standard InChI is InChI=1S/C14H17N3OS/c1-10(2)11-4-6-12(7-5-11)13(18)8-19-14-16-15-9-17(14)3/h4-7,9-10H,8H2,1-3H3. The molecular weight excluding hydrogens is 258 g/mol. The maximum absolute atomic E-state index is 12.1. The molecule has 1 aromatic carbocycles. The minimum Gasteiger partial charge on any atom is -0.312 e. The summed E-state index contributed by atoms with van der Waals surface area (Å²) in [5.41, 5.74) is 2.00. The monoisotopic (exact) mass is 275 g/mol. The Morgan fingerprint density at radius 1 is 1.32 bits per heavy atom. The van der Waals surface area contributed by atoms with E-state index in [2.05, 4.69) is 24.0 Å². The van der Waals surface area contributed by atoms with Crippen molar-refractivity contribution in [1.29, 1.82) is 0 Å². The first-order chi connectivity index (χ1) is 9.08. The summed E-state index contributed by atoms with van der Waals surface area (Å²) in [5.74, 6) is 0.980. The summed E-state index contributed by atoms with van der Waals surface area (Å²) in [6.45, 7) is 4.28. The van der Waals surface area contributed by atoms with Crippen LogP contribution in [0.3, 0.4) is 0 Å². The van der Waals surface area contributed by atoms with E-state index in [1.807, 2.05) is 31.3 Å². The number of aromatic nitrogens is 3. The molecule has 0 fully saturated rings. The SMILES string of the molecule is CC(C)c1ccc(C(=O)CSc2nncn2C)cc1. The third kappa shape index (κ3) is 3.44. The number of rotatable bonds is 5. The summed E-state index contributed by atoms with van der Waals surface area (Å²) in [5, 5.41) is 8.48. The van der Waals surface area contributed by atoms with E-state index in [1.54, 1.807) is 10.9 Å². The summed E-state index contributed by atoms with van der Waals surface area (Å²) in [6, 6.07) is 7.83. The normalized spacial score (nSPS) is 10.9. The Balaban J connectivity index is 1.98. The maximum atomic E-state index is 12.1. The fraction of sp³-hybridized carbons (Fsp3) is 0.357. The van der Waals surface area contributed by atoms with Crippen molar-refractivity contribution < 1.29 is 4.79 Å². The summed E-state index contributed by atoms with van der Waals surface area (Å²) in [7, 11) is 1.87. The van der Waals surface area contributed by atoms with Gasteiger partial charge in [0.1, 0.15) is 6.33 Å². The average Bonchev–Trinajstić information content (AvgIpc) is 2.81. The van der Waals surface area contributed by atoms with Gasteiger partial charge in [-0.15, -0.1) is 10.2 Å². The van der Waals surface area contributed by atoms with Crippen molar-refractivity contribution in [3.05, 3.63) is 41.7 Å². The van der Waals surface area contributed by atoms with Gasteiger partial charge in [-0.25, -0.2) is 0 Å². The van der Waals surface area contributed by atoms with Crippen molar-refractivity contribution in [3.8, 4) is 0 Å². The van der Waals surface area contributed by atoms with Crippen molar-refractivity contribution in [2.45, 2.75) is 24.9 Å². The van der Waals surface area contributed by atoms with E-state index in [0.717, 1.165) is 10.7 Å². The third-order valence-corrected chi connectivity index (χ3v) is 3.94. The zero-order valence-electron chi connectivity index (χ0n) is 11.3. The molecule has 0 amide bonds. The number of benzene rings is 1. The molecule has 0 saturated carbocycles. The molecule has 0 N–H and O–H groups in total. The predicted octanol–water partition coefficient (Wildman–Crippen LogP) is 2.91. The number of carbonyl (C=O) groups excluding carboxylic acids is 1. The molecule has 0 saturated heterocycles. The second-order valence-electron chi connectivity index (χ2n) is 4.71. The van der Waals surface area contributed by atoms with E-state index in [4.69, 9.17) is 0 Å². The average molecular weight is 275 g/mol. The van der Waals surface area contributed by atoms with Crippen LogP contribution < -0.4 is 0 Å². The van der Waals surface area contributed by atoms with Gasteiger partial charge < -0.3 is 4.57 Å². The molecule has 2 rings (SSSR count). The van der Waals surface area contributed by atoms with Crippen LogP contribution >= 0.6 is 11.8 Å². The lowest BCUT2D eigenvalue weighted by Crippen LogP contribution is -2.04. The van der Waals surface area contributed by atoms with Crippen molar-refractivity contribution in [1.82, 2.24) is 14.8 Å². The van der Waals surface area contributed by atoms with Gasteiger partial charge in [0.05, 0.1) is 5.75 Å². The number of ketones is 1. The van der Waals surface area contributed by atoms with Crippen molar-refractivity contribution in [2.75, 3.05) is 5.75 Å². The van der Waals surface area contributed by atoms with E-state index in [1.165, 1.54) is 17.3 Å². The van der Waals surface area contributed by atoms with Gasteiger partial charge in [-0.1, -0.05) is 49.9 Å². The number of hydrogen-bond acceptors (Lipinski definition) is 4. The number of hydrogen-bond donors (Lipinski definition) is 0. The molecule has 1 heterocycles. The molecule has 2 aromatic rings. The van der Waals surface area contributed by atoms with Gasteiger partial charge >= 0.3 is 0 Å². The highest BCUT2D eigenvalue weighted by molar-refractivity contribution is 7.99. The van der Waals surface area contributed by atoms with Crippen LogP contribution in [0, 0.1) is 0 Å². The Labute approximate surface area is 117 Å². The van der Waals surface area contributed by atoms with Gasteiger partial charge in [-0.05, 0) is 11.5 Å². The van der Waals surface area contributed by atoms with Crippen LogP contribution in [0.25, 0.3) is 0 Å². The number of thioether (sulfide) groups is 1. The molecule has 100 valence electrons. The van der Waals surface area contributed by atoms with Gasteiger partial charge in [-0.2, -0.15) is 0 Å². The van der Waals surface area contributed by atoms with Gasteiger partial charge in [0.2, 0.25) is 0 Å². The largest absolute Gasteiger partial charge is 0.312 e. The molecule has 5 heteroatoms. The lowest BCUT2D eigenvalue weighted by molar-refractivity contribution is 0.102. The molecule has 0 atom stereocenters. The van der Waals surface area contributed by atoms with E-state index in [-0.39, 0.29) is 5.78 Å². The minimum absolute atomic E-state index is 0.114. The predicted molar refractivity (Wildman–Crippen MR) is 76.6 cm³/mol. The first-order valence-electron chi connectivity index (χ1n) is 6.18. The summed E-state index contributed by atoms with van der Waals surface area (Å²) in [6.07, 6.45) is 1.63. The summed E-state index contributed by atoms with van der Waals surface area (Å²) < 4.78 is 1.81. The van der Waals surface area contributed by atoms with Gasteiger partial charge in [0, 0.05) is 12.6 Å². The first kappa shape index (κ1) is 13.8. The Bertz CT molecular complexity index is 560. The number of Topliss-reactive ketones (excluding diaryl/α,β-unsaturated/α-hetero) is 1. The van der Waals surface area contributed by atoms with E-state index >= 15 is 0 Å². The van der Waals surface area contributed by atoms with Crippen LogP contribution in [0.5, 0.6) is 0 Å². The first-order valence-corrected chi connectivity index (χ1v) is 7.16. The lowest BCUT2D eigenvalue weighted by atomic mass is 10.0. The summed E-state index contributed by atoms with van der Waals surface area (Å²) in [4.78, 5) is 12.1.